The van der Waals surface area contributed by atoms with E-state index in [-0.39, 0.29) is 17.7 Å². The molecule has 1 aliphatic heterocycles. The second-order valence-electron chi connectivity index (χ2n) is 6.95. The Balaban J connectivity index is 1.45. The fourth-order valence-corrected chi connectivity index (χ4v) is 4.80. The molecule has 3 aromatic rings. The minimum absolute atomic E-state index is 0.103. The summed E-state index contributed by atoms with van der Waals surface area (Å²) in [5.74, 6) is -0.453. The Kier molecular flexibility index (Phi) is 7.43. The lowest BCUT2D eigenvalue weighted by atomic mass is 10.2. The predicted molar refractivity (Wildman–Crippen MR) is 139 cm³/mol. The van der Waals surface area contributed by atoms with Crippen LogP contribution in [-0.4, -0.2) is 22.0 Å². The molecule has 0 saturated carbocycles. The van der Waals surface area contributed by atoms with Crippen LogP contribution in [0.15, 0.2) is 71.6 Å². The zero-order valence-corrected chi connectivity index (χ0v) is 21.2. The summed E-state index contributed by atoms with van der Waals surface area (Å²) in [4.78, 5) is 39.0. The number of benzene rings is 3. The van der Waals surface area contributed by atoms with Crippen LogP contribution < -0.4 is 4.74 Å². The first-order valence-electron chi connectivity index (χ1n) is 9.58. The minimum atomic E-state index is -0.448. The van der Waals surface area contributed by atoms with Gasteiger partial charge in [-0.25, -0.2) is 4.79 Å². The van der Waals surface area contributed by atoms with Gasteiger partial charge in [-0.2, -0.15) is 0 Å². The molecule has 0 radical (unpaired) electrons. The number of esters is 1. The molecule has 3 aromatic carbocycles. The molecule has 33 heavy (non-hydrogen) atoms. The van der Waals surface area contributed by atoms with Gasteiger partial charge in [0.2, 0.25) is 0 Å². The van der Waals surface area contributed by atoms with Crippen LogP contribution >= 0.6 is 57.6 Å². The number of rotatable bonds is 5. The molecule has 0 unspecified atom stereocenters. The lowest BCUT2D eigenvalue weighted by Crippen LogP contribution is -2.27. The smallest absolute Gasteiger partial charge is 0.344 e. The third kappa shape index (κ3) is 5.60. The standard InChI is InChI=1S/C24H14Cl2INO4S/c25-18-10-7-15(11-19(18)26)13-28-22(29)21(33-24(28)31)12-14-5-8-16(9-6-14)32-23(30)17-3-1-2-4-20(17)27/h1-12H,13H2/b21-12-. The average Bonchev–Trinajstić information content (AvgIpc) is 3.05. The Morgan fingerprint density at radius 3 is 2.42 bits per heavy atom. The molecule has 166 valence electrons. The second kappa shape index (κ2) is 10.3. The van der Waals surface area contributed by atoms with Crippen molar-refractivity contribution in [1.82, 2.24) is 4.90 Å². The summed E-state index contributed by atoms with van der Waals surface area (Å²) < 4.78 is 6.23. The van der Waals surface area contributed by atoms with Crippen LogP contribution in [0.4, 0.5) is 4.79 Å². The molecule has 1 fully saturated rings. The van der Waals surface area contributed by atoms with Gasteiger partial charge in [0.1, 0.15) is 5.75 Å². The predicted octanol–water partition coefficient (Wildman–Crippen LogP) is 7.05. The highest BCUT2D eigenvalue weighted by atomic mass is 127. The minimum Gasteiger partial charge on any atom is -0.423 e. The third-order valence-corrected chi connectivity index (χ3v) is 7.27. The summed E-state index contributed by atoms with van der Waals surface area (Å²) in [5, 5.41) is 0.405. The van der Waals surface area contributed by atoms with Crippen molar-refractivity contribution < 1.29 is 19.1 Å². The van der Waals surface area contributed by atoms with E-state index in [1.165, 1.54) is 0 Å². The fraction of sp³-hybridized carbons (Fsp3) is 0.0417. The van der Waals surface area contributed by atoms with Crippen molar-refractivity contribution in [3.8, 4) is 5.75 Å². The number of halogens is 3. The lowest BCUT2D eigenvalue weighted by molar-refractivity contribution is -0.123. The van der Waals surface area contributed by atoms with Gasteiger partial charge in [0.15, 0.2) is 0 Å². The van der Waals surface area contributed by atoms with Crippen molar-refractivity contribution >= 4 is 80.7 Å². The van der Waals surface area contributed by atoms with Crippen molar-refractivity contribution in [3.05, 3.63) is 102 Å². The molecule has 0 atom stereocenters. The van der Waals surface area contributed by atoms with Gasteiger partial charge in [-0.15, -0.1) is 0 Å². The first kappa shape index (κ1) is 23.8. The molecule has 0 spiro atoms. The lowest BCUT2D eigenvalue weighted by Gasteiger charge is -2.12. The summed E-state index contributed by atoms with van der Waals surface area (Å²) >= 11 is 14.9. The largest absolute Gasteiger partial charge is 0.423 e. The van der Waals surface area contributed by atoms with Crippen LogP contribution in [0, 0.1) is 3.57 Å². The van der Waals surface area contributed by atoms with E-state index in [9.17, 15) is 14.4 Å². The monoisotopic (exact) mass is 609 g/mol. The third-order valence-electron chi connectivity index (χ3n) is 4.68. The molecule has 0 bridgehead atoms. The van der Waals surface area contributed by atoms with Gasteiger partial charge in [-0.1, -0.05) is 53.5 Å². The van der Waals surface area contributed by atoms with E-state index >= 15 is 0 Å². The molecule has 0 N–H and O–H groups in total. The number of imide groups is 1. The van der Waals surface area contributed by atoms with E-state index in [4.69, 9.17) is 27.9 Å². The number of thioether (sulfide) groups is 1. The summed E-state index contributed by atoms with van der Waals surface area (Å²) in [5.41, 5.74) is 1.88. The summed E-state index contributed by atoms with van der Waals surface area (Å²) in [6.07, 6.45) is 1.63. The van der Waals surface area contributed by atoms with Crippen LogP contribution in [0.25, 0.3) is 6.08 Å². The molecule has 5 nitrogen and oxygen atoms in total. The van der Waals surface area contributed by atoms with Crippen LogP contribution in [0.5, 0.6) is 5.75 Å². The number of carbonyl (C=O) groups is 3. The Hall–Kier alpha value is -2.33. The fourth-order valence-electron chi connectivity index (χ4n) is 3.03. The molecule has 1 heterocycles. The number of carbonyl (C=O) groups excluding carboxylic acids is 3. The van der Waals surface area contributed by atoms with E-state index in [1.54, 1.807) is 60.7 Å². The number of hydrogen-bond acceptors (Lipinski definition) is 5. The molecule has 0 aliphatic carbocycles. The summed E-state index contributed by atoms with van der Waals surface area (Å²) in [7, 11) is 0. The van der Waals surface area contributed by atoms with Gasteiger partial charge >= 0.3 is 5.97 Å². The van der Waals surface area contributed by atoms with Crippen molar-refractivity contribution in [1.29, 1.82) is 0 Å². The maximum Gasteiger partial charge on any atom is 0.344 e. The van der Waals surface area contributed by atoms with E-state index in [1.807, 2.05) is 12.1 Å². The molecule has 1 aliphatic rings. The topological polar surface area (TPSA) is 63.7 Å². The number of ether oxygens (including phenoxy) is 1. The van der Waals surface area contributed by atoms with E-state index in [0.717, 1.165) is 20.2 Å². The maximum atomic E-state index is 12.8. The number of amides is 2. The van der Waals surface area contributed by atoms with Crippen molar-refractivity contribution in [2.75, 3.05) is 0 Å². The van der Waals surface area contributed by atoms with Gasteiger partial charge in [0.25, 0.3) is 11.1 Å². The van der Waals surface area contributed by atoms with Gasteiger partial charge in [-0.3, -0.25) is 14.5 Å². The zero-order chi connectivity index (χ0) is 23.5. The second-order valence-corrected chi connectivity index (χ2v) is 9.92. The van der Waals surface area contributed by atoms with E-state index in [0.29, 0.717) is 37.4 Å². The highest BCUT2D eigenvalue weighted by Gasteiger charge is 2.35. The molecular weight excluding hydrogens is 596 g/mol. The highest BCUT2D eigenvalue weighted by Crippen LogP contribution is 2.34. The van der Waals surface area contributed by atoms with Crippen molar-refractivity contribution in [3.63, 3.8) is 0 Å². The normalized spacial score (nSPS) is 14.8. The summed E-state index contributed by atoms with van der Waals surface area (Å²) in [6.45, 7) is 0.103. The van der Waals surface area contributed by atoms with Gasteiger partial charge in [0, 0.05) is 3.57 Å². The maximum absolute atomic E-state index is 12.8. The Morgan fingerprint density at radius 1 is 1.00 bits per heavy atom. The zero-order valence-electron chi connectivity index (χ0n) is 16.8. The Bertz CT molecular complexity index is 1290. The van der Waals surface area contributed by atoms with Crippen LogP contribution in [0.2, 0.25) is 10.0 Å². The molecule has 2 amide bonds. The number of nitrogens with zero attached hydrogens (tertiary/aromatic N) is 1. The molecule has 4 rings (SSSR count). The van der Waals surface area contributed by atoms with E-state index in [2.05, 4.69) is 22.6 Å². The first-order chi connectivity index (χ1) is 15.8. The first-order valence-corrected chi connectivity index (χ1v) is 12.2. The van der Waals surface area contributed by atoms with Gasteiger partial charge in [0.05, 0.1) is 27.1 Å². The quantitative estimate of drug-likeness (QED) is 0.134. The van der Waals surface area contributed by atoms with Crippen molar-refractivity contribution in [2.45, 2.75) is 6.54 Å². The van der Waals surface area contributed by atoms with E-state index < -0.39 is 5.97 Å². The van der Waals surface area contributed by atoms with Crippen LogP contribution in [0.3, 0.4) is 0 Å². The molecule has 0 aromatic heterocycles. The van der Waals surface area contributed by atoms with Crippen LogP contribution in [0.1, 0.15) is 21.5 Å². The van der Waals surface area contributed by atoms with Gasteiger partial charge < -0.3 is 4.74 Å². The molecular formula is C24H14Cl2INO4S. The Labute approximate surface area is 217 Å². The summed E-state index contributed by atoms with van der Waals surface area (Å²) in [6, 6.07) is 18.8. The SMILES string of the molecule is O=C(Oc1ccc(/C=C2\SC(=O)N(Cc3ccc(Cl)c(Cl)c3)C2=O)cc1)c1ccccc1I. The number of hydrogen-bond donors (Lipinski definition) is 0. The van der Waals surface area contributed by atoms with Crippen LogP contribution in [-0.2, 0) is 11.3 Å². The Morgan fingerprint density at radius 2 is 1.73 bits per heavy atom. The van der Waals surface area contributed by atoms with Crippen molar-refractivity contribution in [2.24, 2.45) is 0 Å². The highest BCUT2D eigenvalue weighted by molar-refractivity contribution is 14.1. The molecule has 1 saturated heterocycles. The molecule has 9 heteroatoms. The average molecular weight is 610 g/mol. The van der Waals surface area contributed by atoms with Gasteiger partial charge in [-0.05, 0) is 88.0 Å².